The Morgan fingerprint density at radius 3 is 2.27 bits per heavy atom. The van der Waals surface area contributed by atoms with E-state index >= 15 is 0 Å². The number of nitrogen functional groups attached to an aromatic ring is 1. The van der Waals surface area contributed by atoms with Gasteiger partial charge in [0.2, 0.25) is 0 Å². The van der Waals surface area contributed by atoms with Crippen LogP contribution in [0.2, 0.25) is 10.0 Å². The molecule has 2 rings (SSSR count). The molecule has 0 heterocycles. The van der Waals surface area contributed by atoms with E-state index < -0.39 is 0 Å². The molecule has 3 nitrogen and oxygen atoms in total. The Morgan fingerprint density at radius 2 is 1.80 bits per heavy atom. The highest BCUT2D eigenvalue weighted by atomic mass is 35.5. The third-order valence-electron chi connectivity index (χ3n) is 2.53. The SMILES string of the molecule is Nc1cc(Cl)c(NC2CC(O)C2)c(Cl)c1. The molecule has 1 aromatic rings. The molecule has 0 aliphatic heterocycles. The predicted molar refractivity (Wildman–Crippen MR) is 63.5 cm³/mol. The number of hydrogen-bond donors (Lipinski definition) is 3. The molecular weight excluding hydrogens is 235 g/mol. The normalized spacial score (nSPS) is 24.7. The van der Waals surface area contributed by atoms with Gasteiger partial charge in [-0.2, -0.15) is 0 Å². The molecule has 1 aromatic carbocycles. The van der Waals surface area contributed by atoms with E-state index in [1.165, 1.54) is 0 Å². The van der Waals surface area contributed by atoms with E-state index in [1.54, 1.807) is 12.1 Å². The molecule has 5 heteroatoms. The first-order valence-electron chi connectivity index (χ1n) is 4.75. The zero-order chi connectivity index (χ0) is 11.0. The van der Waals surface area contributed by atoms with Crippen LogP contribution in [0.15, 0.2) is 12.1 Å². The van der Waals surface area contributed by atoms with Crippen LogP contribution in [0.5, 0.6) is 0 Å². The Hall–Kier alpha value is -0.640. The highest BCUT2D eigenvalue weighted by molar-refractivity contribution is 6.39. The maximum absolute atomic E-state index is 9.15. The van der Waals surface area contributed by atoms with E-state index in [4.69, 9.17) is 34.0 Å². The van der Waals surface area contributed by atoms with Crippen molar-refractivity contribution >= 4 is 34.6 Å². The van der Waals surface area contributed by atoms with Crippen molar-refractivity contribution in [2.75, 3.05) is 11.1 Å². The minimum absolute atomic E-state index is 0.200. The van der Waals surface area contributed by atoms with E-state index in [0.717, 1.165) is 12.8 Å². The van der Waals surface area contributed by atoms with Gasteiger partial charge in [-0.1, -0.05) is 23.2 Å². The summed E-state index contributed by atoms with van der Waals surface area (Å²) in [7, 11) is 0. The van der Waals surface area contributed by atoms with E-state index in [1.807, 2.05) is 0 Å². The number of rotatable bonds is 2. The highest BCUT2D eigenvalue weighted by Crippen LogP contribution is 2.35. The van der Waals surface area contributed by atoms with E-state index in [0.29, 0.717) is 21.4 Å². The van der Waals surface area contributed by atoms with E-state index in [-0.39, 0.29) is 12.1 Å². The average Bonchev–Trinajstić information content (AvgIpc) is 2.07. The molecule has 0 aromatic heterocycles. The molecule has 0 amide bonds. The summed E-state index contributed by atoms with van der Waals surface area (Å²) in [5, 5.41) is 13.4. The van der Waals surface area contributed by atoms with Crippen LogP contribution in [0.3, 0.4) is 0 Å². The number of aliphatic hydroxyl groups excluding tert-OH is 1. The summed E-state index contributed by atoms with van der Waals surface area (Å²) in [6.07, 6.45) is 1.27. The third-order valence-corrected chi connectivity index (χ3v) is 3.12. The number of anilines is 2. The van der Waals surface area contributed by atoms with Crippen molar-refractivity contribution in [3.05, 3.63) is 22.2 Å². The minimum Gasteiger partial charge on any atom is -0.399 e. The fourth-order valence-corrected chi connectivity index (χ4v) is 2.25. The monoisotopic (exact) mass is 246 g/mol. The van der Waals surface area contributed by atoms with Crippen LogP contribution in [0, 0.1) is 0 Å². The second-order valence-electron chi connectivity index (χ2n) is 3.83. The van der Waals surface area contributed by atoms with Gasteiger partial charge >= 0.3 is 0 Å². The summed E-state index contributed by atoms with van der Waals surface area (Å²) < 4.78 is 0. The summed E-state index contributed by atoms with van der Waals surface area (Å²) in [6, 6.07) is 3.56. The molecule has 1 aliphatic carbocycles. The molecule has 0 bridgehead atoms. The van der Waals surface area contributed by atoms with Crippen LogP contribution in [0.25, 0.3) is 0 Å². The van der Waals surface area contributed by atoms with Gasteiger partial charge in [-0.05, 0) is 25.0 Å². The van der Waals surface area contributed by atoms with Crippen molar-refractivity contribution < 1.29 is 5.11 Å². The Labute approximate surface area is 98.2 Å². The Balaban J connectivity index is 2.14. The second-order valence-corrected chi connectivity index (χ2v) is 4.64. The van der Waals surface area contributed by atoms with Gasteiger partial charge < -0.3 is 16.2 Å². The van der Waals surface area contributed by atoms with Gasteiger partial charge in [0, 0.05) is 11.7 Å². The maximum Gasteiger partial charge on any atom is 0.0722 e. The molecule has 0 saturated heterocycles. The number of halogens is 2. The third kappa shape index (κ3) is 2.30. The Kier molecular flexibility index (Phi) is 2.96. The molecule has 1 fully saturated rings. The zero-order valence-electron chi connectivity index (χ0n) is 8.00. The lowest BCUT2D eigenvalue weighted by Gasteiger charge is -2.33. The lowest BCUT2D eigenvalue weighted by atomic mass is 9.89. The van der Waals surface area contributed by atoms with Crippen molar-refractivity contribution in [3.8, 4) is 0 Å². The Bertz CT molecular complexity index is 355. The van der Waals surface area contributed by atoms with Gasteiger partial charge in [-0.3, -0.25) is 0 Å². The van der Waals surface area contributed by atoms with Gasteiger partial charge in [-0.25, -0.2) is 0 Å². The van der Waals surface area contributed by atoms with Crippen LogP contribution in [0.4, 0.5) is 11.4 Å². The van der Waals surface area contributed by atoms with Gasteiger partial charge in [0.1, 0.15) is 0 Å². The molecule has 0 unspecified atom stereocenters. The molecule has 0 spiro atoms. The van der Waals surface area contributed by atoms with Gasteiger partial charge in [0.05, 0.1) is 21.8 Å². The number of benzene rings is 1. The molecule has 1 aliphatic rings. The van der Waals surface area contributed by atoms with Gasteiger partial charge in [-0.15, -0.1) is 0 Å². The first kappa shape index (κ1) is 10.9. The van der Waals surface area contributed by atoms with Crippen molar-refractivity contribution in [3.63, 3.8) is 0 Å². The summed E-state index contributed by atoms with van der Waals surface area (Å²) in [5.41, 5.74) is 6.84. The lowest BCUT2D eigenvalue weighted by Crippen LogP contribution is -2.39. The quantitative estimate of drug-likeness (QED) is 0.704. The fraction of sp³-hybridized carbons (Fsp3) is 0.400. The summed E-state index contributed by atoms with van der Waals surface area (Å²) in [5.74, 6) is 0. The molecular formula is C10H12Cl2N2O. The Morgan fingerprint density at radius 1 is 1.27 bits per heavy atom. The fourth-order valence-electron chi connectivity index (χ4n) is 1.64. The topological polar surface area (TPSA) is 58.3 Å². The van der Waals surface area contributed by atoms with Crippen molar-refractivity contribution in [1.82, 2.24) is 0 Å². The molecule has 15 heavy (non-hydrogen) atoms. The number of nitrogens with two attached hydrogens (primary N) is 1. The number of hydrogen-bond acceptors (Lipinski definition) is 3. The first-order valence-corrected chi connectivity index (χ1v) is 5.51. The number of aliphatic hydroxyl groups is 1. The van der Waals surface area contributed by atoms with Crippen LogP contribution in [-0.4, -0.2) is 17.3 Å². The zero-order valence-corrected chi connectivity index (χ0v) is 9.52. The van der Waals surface area contributed by atoms with Crippen LogP contribution < -0.4 is 11.1 Å². The average molecular weight is 247 g/mol. The lowest BCUT2D eigenvalue weighted by molar-refractivity contribution is 0.0836. The molecule has 82 valence electrons. The van der Waals surface area contributed by atoms with Crippen molar-refractivity contribution in [2.45, 2.75) is 25.0 Å². The number of nitrogens with one attached hydrogen (secondary N) is 1. The highest BCUT2D eigenvalue weighted by Gasteiger charge is 2.27. The summed E-state index contributed by atoms with van der Waals surface area (Å²) in [6.45, 7) is 0. The second kappa shape index (κ2) is 4.08. The summed E-state index contributed by atoms with van der Waals surface area (Å²) in [4.78, 5) is 0. The molecule has 0 atom stereocenters. The van der Waals surface area contributed by atoms with Crippen molar-refractivity contribution in [1.29, 1.82) is 0 Å². The minimum atomic E-state index is -0.200. The van der Waals surface area contributed by atoms with Crippen molar-refractivity contribution in [2.24, 2.45) is 0 Å². The molecule has 4 N–H and O–H groups in total. The van der Waals surface area contributed by atoms with Crippen LogP contribution in [0.1, 0.15) is 12.8 Å². The van der Waals surface area contributed by atoms with Crippen LogP contribution >= 0.6 is 23.2 Å². The van der Waals surface area contributed by atoms with E-state index in [2.05, 4.69) is 5.32 Å². The smallest absolute Gasteiger partial charge is 0.0722 e. The summed E-state index contributed by atoms with van der Waals surface area (Å²) >= 11 is 12.0. The molecule has 1 saturated carbocycles. The maximum atomic E-state index is 9.15. The standard InChI is InChI=1S/C10H12Cl2N2O/c11-8-1-5(13)2-9(12)10(8)14-6-3-7(15)4-6/h1-2,6-7,14-15H,3-4,13H2. The first-order chi connectivity index (χ1) is 7.06. The van der Waals surface area contributed by atoms with Crippen LogP contribution in [-0.2, 0) is 0 Å². The molecule has 0 radical (unpaired) electrons. The predicted octanol–water partition coefficient (Wildman–Crippen LogP) is 2.51. The largest absolute Gasteiger partial charge is 0.399 e. The van der Waals surface area contributed by atoms with Gasteiger partial charge in [0.15, 0.2) is 0 Å². The van der Waals surface area contributed by atoms with Gasteiger partial charge in [0.25, 0.3) is 0 Å². The van der Waals surface area contributed by atoms with E-state index in [9.17, 15) is 0 Å².